The average Bonchev–Trinajstić information content (AvgIpc) is 2.04. The Kier molecular flexibility index (Phi) is 3.02. The van der Waals surface area contributed by atoms with Crippen LogP contribution in [0.4, 0.5) is 0 Å². The maximum absolute atomic E-state index is 11.3. The van der Waals surface area contributed by atoms with Gasteiger partial charge in [-0.1, -0.05) is 6.92 Å². The Morgan fingerprint density at radius 1 is 1.73 bits per heavy atom. The first-order chi connectivity index (χ1) is 5.29. The summed E-state index contributed by atoms with van der Waals surface area (Å²) in [5, 5.41) is 6.24. The maximum atomic E-state index is 11.3. The van der Waals surface area contributed by atoms with Crippen molar-refractivity contribution in [2.24, 2.45) is 5.92 Å². The van der Waals surface area contributed by atoms with Gasteiger partial charge in [-0.15, -0.1) is 0 Å². The summed E-state index contributed by atoms with van der Waals surface area (Å²) in [5.41, 5.74) is 0. The van der Waals surface area contributed by atoms with Gasteiger partial charge in [-0.3, -0.25) is 4.79 Å². The van der Waals surface area contributed by atoms with Crippen molar-refractivity contribution in [1.29, 1.82) is 0 Å². The summed E-state index contributed by atoms with van der Waals surface area (Å²) in [6.45, 7) is 3.54. The highest BCUT2D eigenvalue weighted by Crippen LogP contribution is 2.12. The molecule has 2 atom stereocenters. The van der Waals surface area contributed by atoms with E-state index in [1.165, 1.54) is 0 Å². The van der Waals surface area contributed by atoms with E-state index < -0.39 is 0 Å². The number of piperidine rings is 1. The molecule has 1 rings (SSSR count). The van der Waals surface area contributed by atoms with E-state index in [0.717, 1.165) is 13.0 Å². The first kappa shape index (κ1) is 8.68. The first-order valence-electron chi connectivity index (χ1n) is 4.20. The molecule has 0 saturated carbocycles. The molecule has 2 N–H and O–H groups in total. The van der Waals surface area contributed by atoms with Crippen LogP contribution in [0.2, 0.25) is 0 Å². The predicted molar refractivity (Wildman–Crippen MR) is 44.5 cm³/mol. The minimum absolute atomic E-state index is 0.223. The van der Waals surface area contributed by atoms with Gasteiger partial charge in [-0.25, -0.2) is 0 Å². The normalized spacial score (nSPS) is 32.4. The molecular formula is C8H16N2O. The van der Waals surface area contributed by atoms with E-state index >= 15 is 0 Å². The Balaban J connectivity index is 2.56. The molecule has 0 spiro atoms. The molecule has 0 aromatic rings. The van der Waals surface area contributed by atoms with Gasteiger partial charge in [0.2, 0.25) is 0 Å². The van der Waals surface area contributed by atoms with Gasteiger partial charge in [0.1, 0.15) is 0 Å². The van der Waals surface area contributed by atoms with Crippen LogP contribution in [0.5, 0.6) is 0 Å². The lowest BCUT2D eigenvalue weighted by molar-refractivity contribution is -0.124. The topological polar surface area (TPSA) is 41.1 Å². The van der Waals surface area contributed by atoms with Gasteiger partial charge < -0.3 is 10.6 Å². The second-order valence-electron chi connectivity index (χ2n) is 3.01. The van der Waals surface area contributed by atoms with Crippen molar-refractivity contribution in [1.82, 2.24) is 10.6 Å². The fourth-order valence-electron chi connectivity index (χ4n) is 1.66. The number of ketones is 1. The number of carbonyl (C=O) groups is 1. The van der Waals surface area contributed by atoms with E-state index in [0.29, 0.717) is 18.4 Å². The Morgan fingerprint density at radius 2 is 2.45 bits per heavy atom. The molecule has 11 heavy (non-hydrogen) atoms. The number of nitrogens with one attached hydrogen (secondary N) is 2. The Morgan fingerprint density at radius 3 is 2.91 bits per heavy atom. The molecule has 0 bridgehead atoms. The van der Waals surface area contributed by atoms with Gasteiger partial charge in [0.05, 0.1) is 6.54 Å². The summed E-state index contributed by atoms with van der Waals surface area (Å²) in [5.74, 6) is 0.569. The van der Waals surface area contributed by atoms with Crippen LogP contribution in [-0.4, -0.2) is 32.0 Å². The molecule has 1 heterocycles. The summed E-state index contributed by atoms with van der Waals surface area (Å²) in [4.78, 5) is 11.3. The van der Waals surface area contributed by atoms with Crippen molar-refractivity contribution in [3.05, 3.63) is 0 Å². The minimum atomic E-state index is 0.223. The van der Waals surface area contributed by atoms with E-state index in [4.69, 9.17) is 0 Å². The number of hydrogen-bond acceptors (Lipinski definition) is 3. The fraction of sp³-hybridized carbons (Fsp3) is 0.875. The Hall–Kier alpha value is -0.410. The van der Waals surface area contributed by atoms with E-state index in [-0.39, 0.29) is 5.92 Å². The van der Waals surface area contributed by atoms with Crippen LogP contribution in [0.15, 0.2) is 0 Å². The SMILES string of the molecule is CCC1C(=O)CNCC1NC. The van der Waals surface area contributed by atoms with E-state index in [2.05, 4.69) is 17.6 Å². The van der Waals surface area contributed by atoms with Crippen LogP contribution < -0.4 is 10.6 Å². The second kappa shape index (κ2) is 3.83. The molecule has 0 aromatic carbocycles. The molecular weight excluding hydrogens is 140 g/mol. The van der Waals surface area contributed by atoms with Gasteiger partial charge in [0, 0.05) is 18.5 Å². The van der Waals surface area contributed by atoms with Gasteiger partial charge in [-0.2, -0.15) is 0 Å². The number of carbonyl (C=O) groups excluding carboxylic acids is 1. The monoisotopic (exact) mass is 156 g/mol. The molecule has 3 nitrogen and oxygen atoms in total. The molecule has 1 aliphatic rings. The van der Waals surface area contributed by atoms with Crippen LogP contribution in [0, 0.1) is 5.92 Å². The van der Waals surface area contributed by atoms with Gasteiger partial charge in [0.25, 0.3) is 0 Å². The second-order valence-corrected chi connectivity index (χ2v) is 3.01. The highest BCUT2D eigenvalue weighted by atomic mass is 16.1. The van der Waals surface area contributed by atoms with Crippen LogP contribution in [0.25, 0.3) is 0 Å². The number of rotatable bonds is 2. The van der Waals surface area contributed by atoms with Crippen molar-refractivity contribution < 1.29 is 4.79 Å². The summed E-state index contributed by atoms with van der Waals surface area (Å²) in [7, 11) is 1.91. The quantitative estimate of drug-likeness (QED) is 0.580. The highest BCUT2D eigenvalue weighted by molar-refractivity contribution is 5.84. The Bertz CT molecular complexity index is 147. The van der Waals surface area contributed by atoms with Crippen molar-refractivity contribution >= 4 is 5.78 Å². The summed E-state index contributed by atoms with van der Waals surface area (Å²) < 4.78 is 0. The number of hydrogen-bond donors (Lipinski definition) is 2. The molecule has 64 valence electrons. The summed E-state index contributed by atoms with van der Waals surface area (Å²) in [6, 6.07) is 0.334. The zero-order valence-corrected chi connectivity index (χ0v) is 7.18. The molecule has 1 aliphatic heterocycles. The third-order valence-electron chi connectivity index (χ3n) is 2.37. The molecule has 3 heteroatoms. The van der Waals surface area contributed by atoms with Gasteiger partial charge >= 0.3 is 0 Å². The van der Waals surface area contributed by atoms with E-state index in [1.807, 2.05) is 7.05 Å². The summed E-state index contributed by atoms with van der Waals surface area (Å²) >= 11 is 0. The first-order valence-corrected chi connectivity index (χ1v) is 4.20. The van der Waals surface area contributed by atoms with Crippen molar-refractivity contribution in [2.75, 3.05) is 20.1 Å². The van der Waals surface area contributed by atoms with E-state index in [9.17, 15) is 4.79 Å². The lowest BCUT2D eigenvalue weighted by Gasteiger charge is -2.29. The fourth-order valence-corrected chi connectivity index (χ4v) is 1.66. The third-order valence-corrected chi connectivity index (χ3v) is 2.37. The highest BCUT2D eigenvalue weighted by Gasteiger charge is 2.28. The van der Waals surface area contributed by atoms with E-state index in [1.54, 1.807) is 0 Å². The van der Waals surface area contributed by atoms with Crippen LogP contribution in [0.3, 0.4) is 0 Å². The smallest absolute Gasteiger partial charge is 0.151 e. The van der Waals surface area contributed by atoms with Crippen LogP contribution >= 0.6 is 0 Å². The van der Waals surface area contributed by atoms with Crippen molar-refractivity contribution in [3.63, 3.8) is 0 Å². The van der Waals surface area contributed by atoms with Gasteiger partial charge in [-0.05, 0) is 13.5 Å². The third kappa shape index (κ3) is 1.79. The molecule has 0 radical (unpaired) electrons. The van der Waals surface area contributed by atoms with Gasteiger partial charge in [0.15, 0.2) is 5.78 Å². The zero-order chi connectivity index (χ0) is 8.27. The average molecular weight is 156 g/mol. The zero-order valence-electron chi connectivity index (χ0n) is 7.18. The van der Waals surface area contributed by atoms with Crippen molar-refractivity contribution in [2.45, 2.75) is 19.4 Å². The molecule has 0 amide bonds. The molecule has 1 fully saturated rings. The maximum Gasteiger partial charge on any atom is 0.151 e. The van der Waals surface area contributed by atoms with Crippen molar-refractivity contribution in [3.8, 4) is 0 Å². The molecule has 0 aliphatic carbocycles. The van der Waals surface area contributed by atoms with Crippen LogP contribution in [0.1, 0.15) is 13.3 Å². The Labute approximate surface area is 67.5 Å². The standard InChI is InChI=1S/C8H16N2O/c1-3-6-7(9-2)4-10-5-8(6)11/h6-7,9-10H,3-5H2,1-2H3. The molecule has 2 unspecified atom stereocenters. The largest absolute Gasteiger partial charge is 0.315 e. The number of Topliss-reactive ketones (excluding diaryl/α,β-unsaturated/α-hetero) is 1. The molecule has 1 saturated heterocycles. The minimum Gasteiger partial charge on any atom is -0.315 e. The predicted octanol–water partition coefficient (Wildman–Crippen LogP) is -0.227. The number of likely N-dealkylation sites (N-methyl/N-ethyl adjacent to an activating group) is 1. The summed E-state index contributed by atoms with van der Waals surface area (Å²) in [6.07, 6.45) is 0.950. The molecule has 0 aromatic heterocycles. The lowest BCUT2D eigenvalue weighted by Crippen LogP contribution is -2.52. The lowest BCUT2D eigenvalue weighted by atomic mass is 9.89. The van der Waals surface area contributed by atoms with Crippen LogP contribution in [-0.2, 0) is 4.79 Å².